The van der Waals surface area contributed by atoms with Gasteiger partial charge in [0.15, 0.2) is 0 Å². The van der Waals surface area contributed by atoms with Crippen molar-refractivity contribution in [1.29, 1.82) is 0 Å². The first-order valence-electron chi connectivity index (χ1n) is 11.5. The number of likely N-dealkylation sites (tertiary alicyclic amines) is 1. The van der Waals surface area contributed by atoms with Crippen molar-refractivity contribution in [1.82, 2.24) is 14.7 Å². The van der Waals surface area contributed by atoms with Crippen LogP contribution >= 0.6 is 23.2 Å². The predicted molar refractivity (Wildman–Crippen MR) is 129 cm³/mol. The van der Waals surface area contributed by atoms with Crippen LogP contribution in [0.2, 0.25) is 10.0 Å². The Morgan fingerprint density at radius 1 is 1.06 bits per heavy atom. The molecule has 1 aromatic rings. The number of benzene rings is 1. The van der Waals surface area contributed by atoms with Gasteiger partial charge in [-0.05, 0) is 69.1 Å². The minimum absolute atomic E-state index is 0.00536. The zero-order chi connectivity index (χ0) is 22.9. The van der Waals surface area contributed by atoms with E-state index in [9.17, 15) is 14.7 Å². The molecule has 8 heteroatoms. The lowest BCUT2D eigenvalue weighted by molar-refractivity contribution is -0.133. The van der Waals surface area contributed by atoms with Gasteiger partial charge in [-0.2, -0.15) is 0 Å². The summed E-state index contributed by atoms with van der Waals surface area (Å²) >= 11 is 12.0. The van der Waals surface area contributed by atoms with Crippen LogP contribution in [0.5, 0.6) is 0 Å². The molecular weight excluding hydrogens is 449 g/mol. The van der Waals surface area contributed by atoms with Gasteiger partial charge in [-0.3, -0.25) is 9.59 Å². The molecule has 2 amide bonds. The van der Waals surface area contributed by atoms with Crippen molar-refractivity contribution in [2.45, 2.75) is 44.6 Å². The number of piperidine rings is 1. The van der Waals surface area contributed by atoms with Gasteiger partial charge in [0.2, 0.25) is 11.8 Å². The molecule has 0 spiro atoms. The SMILES string of the molecule is O=C(C=Cc1ccc(Cl)c(Cl)c1)N1CCC(=O)N(C(CO)CCCN2CCCCC2)CC1. The Morgan fingerprint density at radius 3 is 2.56 bits per heavy atom. The number of nitrogens with zero attached hydrogens (tertiary/aromatic N) is 3. The fraction of sp³-hybridized carbons (Fsp3) is 0.583. The van der Waals surface area contributed by atoms with Crippen LogP contribution in [0.25, 0.3) is 6.08 Å². The Kier molecular flexibility index (Phi) is 9.85. The molecule has 3 rings (SSSR count). The monoisotopic (exact) mass is 481 g/mol. The molecule has 6 nitrogen and oxygen atoms in total. The third-order valence-electron chi connectivity index (χ3n) is 6.31. The minimum Gasteiger partial charge on any atom is -0.394 e. The number of hydrogen-bond acceptors (Lipinski definition) is 4. The van der Waals surface area contributed by atoms with E-state index < -0.39 is 0 Å². The average molecular weight is 482 g/mol. The zero-order valence-electron chi connectivity index (χ0n) is 18.5. The summed E-state index contributed by atoms with van der Waals surface area (Å²) in [6, 6.07) is 5.00. The Labute approximate surface area is 200 Å². The number of rotatable bonds is 8. The Morgan fingerprint density at radius 2 is 1.84 bits per heavy atom. The highest BCUT2D eigenvalue weighted by molar-refractivity contribution is 6.42. The van der Waals surface area contributed by atoms with Gasteiger partial charge in [-0.1, -0.05) is 35.7 Å². The van der Waals surface area contributed by atoms with Gasteiger partial charge in [-0.15, -0.1) is 0 Å². The summed E-state index contributed by atoms with van der Waals surface area (Å²) in [5.41, 5.74) is 0.786. The fourth-order valence-corrected chi connectivity index (χ4v) is 4.72. The first-order valence-corrected chi connectivity index (χ1v) is 12.3. The standard InChI is InChI=1S/C24H33Cl2N3O3/c25-21-8-6-19(17-22(21)26)7-9-23(31)28-14-10-24(32)29(16-15-28)20(18-30)5-4-13-27-11-2-1-3-12-27/h6-9,17,20,30H,1-5,10-16,18H2. The van der Waals surface area contributed by atoms with Crippen LogP contribution < -0.4 is 0 Å². The number of halogens is 2. The quantitative estimate of drug-likeness (QED) is 0.574. The molecule has 0 aliphatic carbocycles. The van der Waals surface area contributed by atoms with Crippen molar-refractivity contribution in [3.63, 3.8) is 0 Å². The molecule has 0 saturated carbocycles. The van der Waals surface area contributed by atoms with Crippen molar-refractivity contribution >= 4 is 41.1 Å². The smallest absolute Gasteiger partial charge is 0.246 e. The maximum absolute atomic E-state index is 12.7. The maximum atomic E-state index is 12.7. The molecule has 1 unspecified atom stereocenters. The molecule has 2 heterocycles. The Bertz CT molecular complexity index is 812. The highest BCUT2D eigenvalue weighted by atomic mass is 35.5. The Hall–Kier alpha value is -1.60. The molecule has 32 heavy (non-hydrogen) atoms. The van der Waals surface area contributed by atoms with E-state index in [1.807, 2.05) is 0 Å². The van der Waals surface area contributed by atoms with E-state index in [2.05, 4.69) is 4.90 Å². The molecule has 2 aliphatic rings. The van der Waals surface area contributed by atoms with Gasteiger partial charge in [0.1, 0.15) is 0 Å². The van der Waals surface area contributed by atoms with Crippen molar-refractivity contribution < 1.29 is 14.7 Å². The second-order valence-corrected chi connectivity index (χ2v) is 9.36. The molecular formula is C24H33Cl2N3O3. The van der Waals surface area contributed by atoms with Gasteiger partial charge in [0.05, 0.1) is 22.7 Å². The van der Waals surface area contributed by atoms with Crippen LogP contribution in [0.3, 0.4) is 0 Å². The van der Waals surface area contributed by atoms with Gasteiger partial charge in [0.25, 0.3) is 0 Å². The van der Waals surface area contributed by atoms with Crippen molar-refractivity contribution in [3.05, 3.63) is 39.9 Å². The molecule has 1 N–H and O–H groups in total. The van der Waals surface area contributed by atoms with Crippen LogP contribution in [0.1, 0.15) is 44.1 Å². The molecule has 0 bridgehead atoms. The van der Waals surface area contributed by atoms with Crippen LogP contribution in [0.4, 0.5) is 0 Å². The van der Waals surface area contributed by atoms with E-state index in [1.165, 1.54) is 25.3 Å². The molecule has 176 valence electrons. The summed E-state index contributed by atoms with van der Waals surface area (Å²) in [5.74, 6) is -0.137. The highest BCUT2D eigenvalue weighted by Crippen LogP contribution is 2.23. The van der Waals surface area contributed by atoms with E-state index in [0.717, 1.165) is 38.0 Å². The molecule has 2 aliphatic heterocycles. The second-order valence-electron chi connectivity index (χ2n) is 8.55. The number of carbonyl (C=O) groups excluding carboxylic acids is 2. The molecule has 0 aromatic heterocycles. The number of aliphatic hydroxyl groups excluding tert-OH is 1. The van der Waals surface area contributed by atoms with Crippen molar-refractivity contribution in [2.24, 2.45) is 0 Å². The summed E-state index contributed by atoms with van der Waals surface area (Å²) in [6.07, 6.45) is 9.06. The second kappa shape index (κ2) is 12.6. The summed E-state index contributed by atoms with van der Waals surface area (Å²) < 4.78 is 0. The first-order chi connectivity index (χ1) is 15.5. The van der Waals surface area contributed by atoms with E-state index >= 15 is 0 Å². The third kappa shape index (κ3) is 7.20. The average Bonchev–Trinajstić information content (AvgIpc) is 3.00. The van der Waals surface area contributed by atoms with Crippen LogP contribution in [0, 0.1) is 0 Å². The van der Waals surface area contributed by atoms with Gasteiger partial charge in [0, 0.05) is 32.1 Å². The predicted octanol–water partition coefficient (Wildman–Crippen LogP) is 3.69. The van der Waals surface area contributed by atoms with Crippen molar-refractivity contribution in [2.75, 3.05) is 45.9 Å². The molecule has 2 fully saturated rings. The summed E-state index contributed by atoms with van der Waals surface area (Å²) in [5, 5.41) is 10.8. The number of carbonyl (C=O) groups is 2. The van der Waals surface area contributed by atoms with Crippen LogP contribution in [-0.4, -0.2) is 83.5 Å². The zero-order valence-corrected chi connectivity index (χ0v) is 20.0. The number of hydrogen-bond donors (Lipinski definition) is 1. The highest BCUT2D eigenvalue weighted by Gasteiger charge is 2.28. The van der Waals surface area contributed by atoms with Crippen LogP contribution in [0.15, 0.2) is 24.3 Å². The van der Waals surface area contributed by atoms with Crippen LogP contribution in [-0.2, 0) is 9.59 Å². The lowest BCUT2D eigenvalue weighted by atomic mass is 10.1. The van der Waals surface area contributed by atoms with Gasteiger partial charge >= 0.3 is 0 Å². The molecule has 1 aromatic carbocycles. The van der Waals surface area contributed by atoms with Gasteiger partial charge in [-0.25, -0.2) is 0 Å². The minimum atomic E-state index is -0.186. The lowest BCUT2D eigenvalue weighted by Crippen LogP contribution is -2.44. The van der Waals surface area contributed by atoms with Crippen molar-refractivity contribution in [3.8, 4) is 0 Å². The largest absolute Gasteiger partial charge is 0.394 e. The summed E-state index contributed by atoms with van der Waals surface area (Å²) in [7, 11) is 0. The lowest BCUT2D eigenvalue weighted by Gasteiger charge is -2.31. The number of amides is 2. The molecule has 0 radical (unpaired) electrons. The van der Waals surface area contributed by atoms with E-state index in [1.54, 1.807) is 34.1 Å². The molecule has 2 saturated heterocycles. The first kappa shape index (κ1) is 25.0. The summed E-state index contributed by atoms with van der Waals surface area (Å²) in [6.45, 7) is 4.56. The van der Waals surface area contributed by atoms with E-state index in [-0.39, 0.29) is 30.9 Å². The summed E-state index contributed by atoms with van der Waals surface area (Å²) in [4.78, 5) is 31.3. The topological polar surface area (TPSA) is 64.1 Å². The third-order valence-corrected chi connectivity index (χ3v) is 7.05. The number of aliphatic hydroxyl groups is 1. The normalized spacial score (nSPS) is 19.4. The van der Waals surface area contributed by atoms with E-state index in [4.69, 9.17) is 23.2 Å². The van der Waals surface area contributed by atoms with E-state index in [0.29, 0.717) is 29.7 Å². The maximum Gasteiger partial charge on any atom is 0.246 e. The van der Waals surface area contributed by atoms with Gasteiger partial charge < -0.3 is 19.8 Å². The molecule has 1 atom stereocenters. The fourth-order valence-electron chi connectivity index (χ4n) is 4.41. The Balaban J connectivity index is 1.51.